The average Bonchev–Trinajstić information content (AvgIpc) is 2.71. The highest BCUT2D eigenvalue weighted by Gasteiger charge is 2.46. The van der Waals surface area contributed by atoms with E-state index in [0.717, 1.165) is 12.8 Å². The topological polar surface area (TPSA) is 76.1 Å². The predicted molar refractivity (Wildman–Crippen MR) is 71.5 cm³/mol. The zero-order valence-electron chi connectivity index (χ0n) is 12.3. The number of carboxylic acid groups (broad SMARTS) is 1. The molecular weight excluding hydrogens is 262 g/mol. The van der Waals surface area contributed by atoms with Crippen LogP contribution >= 0.6 is 0 Å². The number of hydrogen-bond acceptors (Lipinski definition) is 4. The number of nitrogens with zero attached hydrogens (tertiary/aromatic N) is 1. The number of ether oxygens (including phenoxy) is 2. The van der Waals surface area contributed by atoms with Crippen LogP contribution < -0.4 is 0 Å². The van der Waals surface area contributed by atoms with E-state index in [4.69, 9.17) is 14.6 Å². The third-order valence-electron chi connectivity index (χ3n) is 3.72. The lowest BCUT2D eigenvalue weighted by Gasteiger charge is -2.40. The van der Waals surface area contributed by atoms with Gasteiger partial charge in [0.15, 0.2) is 6.10 Å². The normalized spacial score (nSPS) is 30.6. The van der Waals surface area contributed by atoms with Gasteiger partial charge in [-0.1, -0.05) is 0 Å². The van der Waals surface area contributed by atoms with Crippen molar-refractivity contribution in [3.05, 3.63) is 0 Å². The number of piperidine rings is 1. The predicted octanol–water partition coefficient (Wildman–Crippen LogP) is 2.02. The summed E-state index contributed by atoms with van der Waals surface area (Å²) in [5, 5.41) is 9.02. The summed E-state index contributed by atoms with van der Waals surface area (Å²) in [5.74, 6) is -0.920. The molecule has 0 aromatic rings. The molecular formula is C14H23NO5. The zero-order valence-corrected chi connectivity index (χ0v) is 12.3. The minimum Gasteiger partial charge on any atom is -0.479 e. The number of hydrogen-bond donors (Lipinski definition) is 1. The van der Waals surface area contributed by atoms with E-state index in [2.05, 4.69) is 0 Å². The monoisotopic (exact) mass is 285 g/mol. The molecule has 0 saturated carbocycles. The van der Waals surface area contributed by atoms with Crippen molar-refractivity contribution in [3.63, 3.8) is 0 Å². The molecule has 0 aromatic carbocycles. The minimum absolute atomic E-state index is 0.348. The molecule has 1 N–H and O–H groups in total. The molecule has 2 rings (SSSR count). The van der Waals surface area contributed by atoms with Gasteiger partial charge in [-0.25, -0.2) is 9.59 Å². The molecule has 1 spiro atoms. The van der Waals surface area contributed by atoms with E-state index in [1.807, 2.05) is 20.8 Å². The lowest BCUT2D eigenvalue weighted by atomic mass is 9.90. The Bertz CT molecular complexity index is 403. The first kappa shape index (κ1) is 15.1. The Labute approximate surface area is 119 Å². The number of amides is 1. The van der Waals surface area contributed by atoms with Crippen LogP contribution in [-0.4, -0.2) is 52.5 Å². The molecule has 20 heavy (non-hydrogen) atoms. The van der Waals surface area contributed by atoms with Crippen molar-refractivity contribution in [3.8, 4) is 0 Å². The van der Waals surface area contributed by atoms with Crippen LogP contribution in [0.3, 0.4) is 0 Å². The van der Waals surface area contributed by atoms with Gasteiger partial charge in [-0.05, 0) is 46.5 Å². The second kappa shape index (κ2) is 5.24. The largest absolute Gasteiger partial charge is 0.479 e. The van der Waals surface area contributed by atoms with Gasteiger partial charge in [0.25, 0.3) is 0 Å². The van der Waals surface area contributed by atoms with Crippen molar-refractivity contribution in [2.45, 2.75) is 63.8 Å². The Kier molecular flexibility index (Phi) is 3.95. The van der Waals surface area contributed by atoms with E-state index < -0.39 is 23.3 Å². The number of carbonyl (C=O) groups is 2. The first-order chi connectivity index (χ1) is 9.21. The Morgan fingerprint density at radius 2 is 2.05 bits per heavy atom. The molecule has 0 radical (unpaired) electrons. The van der Waals surface area contributed by atoms with E-state index >= 15 is 0 Å². The highest BCUT2D eigenvalue weighted by Crippen LogP contribution is 2.38. The Morgan fingerprint density at radius 1 is 1.35 bits per heavy atom. The van der Waals surface area contributed by atoms with E-state index in [1.165, 1.54) is 0 Å². The molecule has 0 unspecified atom stereocenters. The van der Waals surface area contributed by atoms with Gasteiger partial charge in [-0.15, -0.1) is 0 Å². The fraction of sp³-hybridized carbons (Fsp3) is 0.857. The summed E-state index contributed by atoms with van der Waals surface area (Å²) in [6.45, 7) is 6.55. The second-order valence-corrected chi connectivity index (χ2v) is 6.67. The van der Waals surface area contributed by atoms with Crippen molar-refractivity contribution >= 4 is 12.1 Å². The summed E-state index contributed by atoms with van der Waals surface area (Å²) < 4.78 is 11.1. The van der Waals surface area contributed by atoms with E-state index in [-0.39, 0.29) is 6.09 Å². The molecule has 6 nitrogen and oxygen atoms in total. The van der Waals surface area contributed by atoms with Crippen LogP contribution in [0.1, 0.15) is 46.5 Å². The van der Waals surface area contributed by atoms with Crippen molar-refractivity contribution in [1.29, 1.82) is 0 Å². The third-order valence-corrected chi connectivity index (χ3v) is 3.72. The molecule has 1 amide bonds. The zero-order chi connectivity index (χ0) is 15.0. The number of carbonyl (C=O) groups excluding carboxylic acids is 1. The van der Waals surface area contributed by atoms with Gasteiger partial charge in [0, 0.05) is 6.54 Å². The standard InChI is InChI=1S/C14H23NO5/c1-13(2,3)20-12(18)15-8-4-6-14(9-15)7-5-10(19-14)11(16)17/h10H,4-9H2,1-3H3,(H,16,17)/t10-,14-/m1/s1. The molecule has 0 aliphatic carbocycles. The van der Waals surface area contributed by atoms with Crippen molar-refractivity contribution < 1.29 is 24.2 Å². The third kappa shape index (κ3) is 3.42. The summed E-state index contributed by atoms with van der Waals surface area (Å²) in [6.07, 6.45) is 1.72. The van der Waals surface area contributed by atoms with Gasteiger partial charge in [-0.3, -0.25) is 0 Å². The van der Waals surface area contributed by atoms with Crippen LogP contribution in [0.4, 0.5) is 4.79 Å². The van der Waals surface area contributed by atoms with Gasteiger partial charge >= 0.3 is 12.1 Å². The maximum Gasteiger partial charge on any atom is 0.410 e. The Hall–Kier alpha value is -1.30. The summed E-state index contributed by atoms with van der Waals surface area (Å²) in [7, 11) is 0. The molecule has 2 atom stereocenters. The fourth-order valence-electron chi connectivity index (χ4n) is 2.87. The minimum atomic E-state index is -0.920. The van der Waals surface area contributed by atoms with Crippen LogP contribution in [0, 0.1) is 0 Å². The average molecular weight is 285 g/mol. The molecule has 2 saturated heterocycles. The SMILES string of the molecule is CC(C)(C)OC(=O)N1CCC[C@@]2(CC[C@H](C(=O)O)O2)C1. The molecule has 0 bridgehead atoms. The van der Waals surface area contributed by atoms with Gasteiger partial charge < -0.3 is 19.5 Å². The van der Waals surface area contributed by atoms with Crippen LogP contribution in [0.5, 0.6) is 0 Å². The first-order valence-electron chi connectivity index (χ1n) is 7.09. The van der Waals surface area contributed by atoms with Crippen LogP contribution in [-0.2, 0) is 14.3 Å². The molecule has 6 heteroatoms. The maximum absolute atomic E-state index is 12.1. The van der Waals surface area contributed by atoms with Gasteiger partial charge in [0.2, 0.25) is 0 Å². The lowest BCUT2D eigenvalue weighted by Crippen LogP contribution is -2.51. The quantitative estimate of drug-likeness (QED) is 0.797. The smallest absolute Gasteiger partial charge is 0.410 e. The number of likely N-dealkylation sites (tertiary alicyclic amines) is 1. The van der Waals surface area contributed by atoms with E-state index in [9.17, 15) is 9.59 Å². The maximum atomic E-state index is 12.1. The highest BCUT2D eigenvalue weighted by molar-refractivity contribution is 5.73. The number of aliphatic carboxylic acids is 1. The second-order valence-electron chi connectivity index (χ2n) is 6.67. The van der Waals surface area contributed by atoms with Gasteiger partial charge in [0.1, 0.15) is 5.60 Å². The fourth-order valence-corrected chi connectivity index (χ4v) is 2.87. The van der Waals surface area contributed by atoms with Crippen molar-refractivity contribution in [2.24, 2.45) is 0 Å². The molecule has 2 heterocycles. The summed E-state index contributed by atoms with van der Waals surface area (Å²) in [5.41, 5.74) is -1.03. The van der Waals surface area contributed by atoms with Gasteiger partial charge in [-0.2, -0.15) is 0 Å². The Morgan fingerprint density at radius 3 is 2.60 bits per heavy atom. The molecule has 2 fully saturated rings. The summed E-state index contributed by atoms with van der Waals surface area (Å²) in [6, 6.07) is 0. The molecule has 114 valence electrons. The van der Waals surface area contributed by atoms with Crippen LogP contribution in [0.25, 0.3) is 0 Å². The van der Waals surface area contributed by atoms with E-state index in [0.29, 0.717) is 25.9 Å². The van der Waals surface area contributed by atoms with Crippen LogP contribution in [0.15, 0.2) is 0 Å². The molecule has 2 aliphatic rings. The first-order valence-corrected chi connectivity index (χ1v) is 7.09. The van der Waals surface area contributed by atoms with Gasteiger partial charge in [0.05, 0.1) is 12.1 Å². The Balaban J connectivity index is 1.99. The summed E-state index contributed by atoms with van der Waals surface area (Å²) >= 11 is 0. The lowest BCUT2D eigenvalue weighted by molar-refractivity contribution is -0.157. The van der Waals surface area contributed by atoms with Crippen molar-refractivity contribution in [1.82, 2.24) is 4.90 Å². The summed E-state index contributed by atoms with van der Waals surface area (Å²) in [4.78, 5) is 24.7. The van der Waals surface area contributed by atoms with Crippen LogP contribution in [0.2, 0.25) is 0 Å². The highest BCUT2D eigenvalue weighted by atomic mass is 16.6. The molecule has 0 aromatic heterocycles. The number of rotatable bonds is 1. The van der Waals surface area contributed by atoms with Crippen molar-refractivity contribution in [2.75, 3.05) is 13.1 Å². The van der Waals surface area contributed by atoms with E-state index in [1.54, 1.807) is 4.90 Å². The number of carboxylic acids is 1. The molecule has 2 aliphatic heterocycles.